The molecule has 134 valence electrons. The molecule has 0 aromatic carbocycles. The smallest absolute Gasteiger partial charge is 0.308 e. The highest BCUT2D eigenvalue weighted by Crippen LogP contribution is 2.25. The molecule has 1 aromatic heterocycles. The third kappa shape index (κ3) is 5.91. The van der Waals surface area contributed by atoms with Crippen LogP contribution in [0.25, 0.3) is 0 Å². The zero-order chi connectivity index (χ0) is 17.2. The Morgan fingerprint density at radius 2 is 2.12 bits per heavy atom. The molecule has 0 bridgehead atoms. The summed E-state index contributed by atoms with van der Waals surface area (Å²) >= 11 is 0. The number of guanidine groups is 1. The second-order valence-corrected chi connectivity index (χ2v) is 6.03. The van der Waals surface area contributed by atoms with Crippen LogP contribution < -0.4 is 10.6 Å². The van der Waals surface area contributed by atoms with Crippen LogP contribution in [0.1, 0.15) is 45.3 Å². The number of aliphatic imine (C=N–C) groups is 1. The van der Waals surface area contributed by atoms with Gasteiger partial charge in [0.2, 0.25) is 0 Å². The molecule has 0 radical (unpaired) electrons. The van der Waals surface area contributed by atoms with Crippen LogP contribution >= 0.6 is 0 Å². The first-order valence-electron chi connectivity index (χ1n) is 8.96. The van der Waals surface area contributed by atoms with Crippen molar-refractivity contribution < 1.29 is 13.9 Å². The molecule has 0 aliphatic heterocycles. The largest absolute Gasteiger partial charge is 0.469 e. The summed E-state index contributed by atoms with van der Waals surface area (Å²) in [6.45, 7) is 5.88. The van der Waals surface area contributed by atoms with Crippen molar-refractivity contribution in [3.63, 3.8) is 0 Å². The standard InChI is InChI=1S/C18H29N3O3/c1-3-19-18(20-12-11-16-6-5-13-24-16)21-15-9-7-14(8-10-15)17(22)23-4-2/h5-6,13-15H,3-4,7-12H2,1-2H3,(H2,19,20,21). The number of carbonyl (C=O) groups is 1. The lowest BCUT2D eigenvalue weighted by Gasteiger charge is -2.29. The summed E-state index contributed by atoms with van der Waals surface area (Å²) in [4.78, 5) is 16.4. The number of esters is 1. The van der Waals surface area contributed by atoms with E-state index in [1.54, 1.807) is 6.26 Å². The van der Waals surface area contributed by atoms with Crippen molar-refractivity contribution in [2.45, 2.75) is 52.0 Å². The lowest BCUT2D eigenvalue weighted by atomic mass is 9.86. The van der Waals surface area contributed by atoms with Gasteiger partial charge in [-0.2, -0.15) is 0 Å². The number of hydrogen-bond donors (Lipinski definition) is 2. The van der Waals surface area contributed by atoms with E-state index in [9.17, 15) is 4.79 Å². The van der Waals surface area contributed by atoms with Crippen molar-refractivity contribution in [1.82, 2.24) is 10.6 Å². The summed E-state index contributed by atoms with van der Waals surface area (Å²) in [5, 5.41) is 6.77. The first-order chi connectivity index (χ1) is 11.7. The Labute approximate surface area is 144 Å². The van der Waals surface area contributed by atoms with Gasteiger partial charge < -0.3 is 19.8 Å². The molecule has 2 N–H and O–H groups in total. The number of hydrogen-bond acceptors (Lipinski definition) is 4. The maximum Gasteiger partial charge on any atom is 0.308 e. The molecule has 0 amide bonds. The van der Waals surface area contributed by atoms with E-state index in [0.29, 0.717) is 19.2 Å². The Morgan fingerprint density at radius 3 is 2.75 bits per heavy atom. The Morgan fingerprint density at radius 1 is 1.33 bits per heavy atom. The van der Waals surface area contributed by atoms with Gasteiger partial charge in [-0.3, -0.25) is 9.79 Å². The van der Waals surface area contributed by atoms with E-state index in [1.807, 2.05) is 19.1 Å². The molecule has 0 unspecified atom stereocenters. The average Bonchev–Trinajstić information content (AvgIpc) is 3.09. The third-order valence-corrected chi connectivity index (χ3v) is 4.24. The van der Waals surface area contributed by atoms with Gasteiger partial charge in [0.05, 0.1) is 18.8 Å². The van der Waals surface area contributed by atoms with Crippen LogP contribution in [0.3, 0.4) is 0 Å². The fourth-order valence-corrected chi connectivity index (χ4v) is 2.98. The van der Waals surface area contributed by atoms with Gasteiger partial charge in [0.15, 0.2) is 5.96 Å². The van der Waals surface area contributed by atoms with Gasteiger partial charge in [0.25, 0.3) is 0 Å². The Bertz CT molecular complexity index is 506. The predicted molar refractivity (Wildman–Crippen MR) is 93.9 cm³/mol. The van der Waals surface area contributed by atoms with Gasteiger partial charge in [-0.15, -0.1) is 0 Å². The monoisotopic (exact) mass is 335 g/mol. The molecule has 0 atom stereocenters. The van der Waals surface area contributed by atoms with Crippen molar-refractivity contribution in [2.24, 2.45) is 10.9 Å². The molecule has 2 rings (SSSR count). The number of carbonyl (C=O) groups excluding carboxylic acids is 1. The minimum Gasteiger partial charge on any atom is -0.469 e. The van der Waals surface area contributed by atoms with Crippen molar-refractivity contribution in [2.75, 3.05) is 19.7 Å². The predicted octanol–water partition coefficient (Wildman–Crippen LogP) is 2.50. The fourth-order valence-electron chi connectivity index (χ4n) is 2.98. The van der Waals surface area contributed by atoms with Gasteiger partial charge >= 0.3 is 5.97 Å². The van der Waals surface area contributed by atoms with Gasteiger partial charge in [0.1, 0.15) is 5.76 Å². The van der Waals surface area contributed by atoms with Crippen LogP contribution in [0.15, 0.2) is 27.8 Å². The number of rotatable bonds is 7. The average molecular weight is 335 g/mol. The van der Waals surface area contributed by atoms with E-state index in [0.717, 1.165) is 50.4 Å². The van der Waals surface area contributed by atoms with E-state index < -0.39 is 0 Å². The summed E-state index contributed by atoms with van der Waals surface area (Å²) in [5.41, 5.74) is 0. The topological polar surface area (TPSA) is 75.9 Å². The van der Waals surface area contributed by atoms with Gasteiger partial charge in [0, 0.05) is 25.6 Å². The molecule has 0 spiro atoms. The maximum absolute atomic E-state index is 11.8. The normalized spacial score (nSPS) is 21.3. The van der Waals surface area contributed by atoms with E-state index in [1.165, 1.54) is 0 Å². The molecule has 6 heteroatoms. The summed E-state index contributed by atoms with van der Waals surface area (Å²) in [5.74, 6) is 1.80. The zero-order valence-electron chi connectivity index (χ0n) is 14.7. The molecule has 1 aliphatic carbocycles. The maximum atomic E-state index is 11.8. The lowest BCUT2D eigenvalue weighted by Crippen LogP contribution is -2.45. The van der Waals surface area contributed by atoms with E-state index in [4.69, 9.17) is 9.15 Å². The molecule has 1 saturated carbocycles. The number of nitrogens with zero attached hydrogens (tertiary/aromatic N) is 1. The first-order valence-corrected chi connectivity index (χ1v) is 8.96. The van der Waals surface area contributed by atoms with Gasteiger partial charge in [-0.1, -0.05) is 0 Å². The molecule has 1 fully saturated rings. The van der Waals surface area contributed by atoms with E-state index in [2.05, 4.69) is 22.5 Å². The minimum atomic E-state index is -0.0463. The molecular weight excluding hydrogens is 306 g/mol. The summed E-state index contributed by atoms with van der Waals surface area (Å²) in [6.07, 6.45) is 6.16. The van der Waals surface area contributed by atoms with Crippen molar-refractivity contribution in [3.8, 4) is 0 Å². The molecule has 24 heavy (non-hydrogen) atoms. The molecule has 1 aromatic rings. The fraction of sp³-hybridized carbons (Fsp3) is 0.667. The number of nitrogens with one attached hydrogen (secondary N) is 2. The first kappa shape index (κ1) is 18.4. The highest BCUT2D eigenvalue weighted by atomic mass is 16.5. The second-order valence-electron chi connectivity index (χ2n) is 6.03. The van der Waals surface area contributed by atoms with Crippen LogP contribution in [0.5, 0.6) is 0 Å². The van der Waals surface area contributed by atoms with Crippen LogP contribution in [0.4, 0.5) is 0 Å². The third-order valence-electron chi connectivity index (χ3n) is 4.24. The number of ether oxygens (including phenoxy) is 1. The highest BCUT2D eigenvalue weighted by molar-refractivity contribution is 5.80. The molecule has 0 saturated heterocycles. The summed E-state index contributed by atoms with van der Waals surface area (Å²) in [6, 6.07) is 4.22. The van der Waals surface area contributed by atoms with Crippen LogP contribution in [-0.4, -0.2) is 37.7 Å². The molecule has 1 aliphatic rings. The van der Waals surface area contributed by atoms with Crippen LogP contribution in [-0.2, 0) is 16.0 Å². The van der Waals surface area contributed by atoms with E-state index >= 15 is 0 Å². The Kier molecular flexibility index (Phi) is 7.65. The van der Waals surface area contributed by atoms with Crippen LogP contribution in [0.2, 0.25) is 0 Å². The SMILES string of the molecule is CCNC(=NCCc1ccco1)NC1CCC(C(=O)OCC)CC1. The summed E-state index contributed by atoms with van der Waals surface area (Å²) in [7, 11) is 0. The molecule has 1 heterocycles. The van der Waals surface area contributed by atoms with Crippen LogP contribution in [0, 0.1) is 5.92 Å². The quantitative estimate of drug-likeness (QED) is 0.455. The Hall–Kier alpha value is -1.98. The van der Waals surface area contributed by atoms with Crippen molar-refractivity contribution in [1.29, 1.82) is 0 Å². The van der Waals surface area contributed by atoms with Crippen molar-refractivity contribution in [3.05, 3.63) is 24.2 Å². The minimum absolute atomic E-state index is 0.0463. The lowest BCUT2D eigenvalue weighted by molar-refractivity contribution is -0.149. The van der Waals surface area contributed by atoms with E-state index in [-0.39, 0.29) is 11.9 Å². The highest BCUT2D eigenvalue weighted by Gasteiger charge is 2.27. The number of furan rings is 1. The molecular formula is C18H29N3O3. The molecule has 6 nitrogen and oxygen atoms in total. The zero-order valence-corrected chi connectivity index (χ0v) is 14.7. The summed E-state index contributed by atoms with van der Waals surface area (Å²) < 4.78 is 10.4. The van der Waals surface area contributed by atoms with Gasteiger partial charge in [-0.25, -0.2) is 0 Å². The second kappa shape index (κ2) is 10.0. The Balaban J connectivity index is 1.77. The van der Waals surface area contributed by atoms with Gasteiger partial charge in [-0.05, 0) is 51.7 Å². The van der Waals surface area contributed by atoms with Crippen molar-refractivity contribution >= 4 is 11.9 Å².